The number of rotatable bonds is 2. The van der Waals surface area contributed by atoms with Gasteiger partial charge in [-0.05, 0) is 67.8 Å². The van der Waals surface area contributed by atoms with Gasteiger partial charge < -0.3 is 11.5 Å². The lowest BCUT2D eigenvalue weighted by molar-refractivity contribution is -0.00161. The van der Waals surface area contributed by atoms with E-state index >= 15 is 0 Å². The van der Waals surface area contributed by atoms with Crippen molar-refractivity contribution in [1.82, 2.24) is 0 Å². The van der Waals surface area contributed by atoms with Gasteiger partial charge in [0.2, 0.25) is 0 Å². The lowest BCUT2D eigenvalue weighted by Gasteiger charge is -2.54. The third-order valence-electron chi connectivity index (χ3n) is 5.64. The molecule has 0 unspecified atom stereocenters. The summed E-state index contributed by atoms with van der Waals surface area (Å²) in [6.45, 7) is 0.593. The van der Waals surface area contributed by atoms with E-state index in [2.05, 4.69) is 6.07 Å². The Kier molecular flexibility index (Phi) is 2.50. The molecule has 4 aliphatic carbocycles. The van der Waals surface area contributed by atoms with Crippen molar-refractivity contribution in [3.63, 3.8) is 0 Å². The van der Waals surface area contributed by atoms with Gasteiger partial charge in [0.15, 0.2) is 0 Å². The van der Waals surface area contributed by atoms with Crippen molar-refractivity contribution in [2.45, 2.75) is 44.6 Å². The minimum atomic E-state index is 0.593. The van der Waals surface area contributed by atoms with Crippen molar-refractivity contribution in [3.8, 4) is 0 Å². The summed E-state index contributed by atoms with van der Waals surface area (Å²) in [6.07, 6.45) is 7.45. The molecule has 1 aromatic rings. The van der Waals surface area contributed by atoms with Crippen LogP contribution in [0.25, 0.3) is 0 Å². The average molecular weight is 262 g/mol. The fraction of sp³-hybridized carbons (Fsp3) is 0.733. The van der Waals surface area contributed by atoms with Crippen molar-refractivity contribution in [2.24, 2.45) is 29.4 Å². The van der Waals surface area contributed by atoms with E-state index in [1.165, 1.54) is 37.7 Å². The van der Waals surface area contributed by atoms with Crippen molar-refractivity contribution >= 4 is 16.3 Å². The van der Waals surface area contributed by atoms with E-state index in [4.69, 9.17) is 11.5 Å². The zero-order valence-electron chi connectivity index (χ0n) is 10.8. The zero-order chi connectivity index (χ0) is 12.3. The summed E-state index contributed by atoms with van der Waals surface area (Å²) < 4.78 is 0. The van der Waals surface area contributed by atoms with E-state index in [1.807, 2.05) is 11.3 Å². The van der Waals surface area contributed by atoms with Crippen LogP contribution in [0.4, 0.5) is 5.00 Å². The number of nitrogen functional groups attached to an aromatic ring is 1. The minimum absolute atomic E-state index is 0.593. The summed E-state index contributed by atoms with van der Waals surface area (Å²) in [4.78, 5) is 1.54. The van der Waals surface area contributed by atoms with Crippen LogP contribution in [0.5, 0.6) is 0 Å². The van der Waals surface area contributed by atoms with Crippen LogP contribution in [0.2, 0.25) is 0 Å². The second-order valence-corrected chi connectivity index (χ2v) is 7.81. The van der Waals surface area contributed by atoms with Crippen LogP contribution >= 0.6 is 11.3 Å². The SMILES string of the molecule is NCc1cc(C2C3CC4CC(C3)CC2C4)sc1N. The normalized spacial score (nSPS) is 41.5. The Hall–Kier alpha value is -0.540. The third-order valence-corrected chi connectivity index (χ3v) is 6.74. The molecule has 1 heterocycles. The van der Waals surface area contributed by atoms with E-state index in [0.717, 1.165) is 34.6 Å². The summed E-state index contributed by atoms with van der Waals surface area (Å²) in [5.74, 6) is 4.81. The van der Waals surface area contributed by atoms with Crippen LogP contribution in [0.15, 0.2) is 6.07 Å². The fourth-order valence-corrected chi connectivity index (χ4v) is 6.43. The van der Waals surface area contributed by atoms with E-state index in [1.54, 1.807) is 4.88 Å². The molecule has 1 aromatic heterocycles. The molecule has 5 rings (SSSR count). The zero-order valence-corrected chi connectivity index (χ0v) is 11.6. The van der Waals surface area contributed by atoms with Gasteiger partial charge in [0.25, 0.3) is 0 Å². The second-order valence-electron chi connectivity index (χ2n) is 6.70. The van der Waals surface area contributed by atoms with E-state index in [0.29, 0.717) is 6.54 Å². The molecule has 18 heavy (non-hydrogen) atoms. The molecule has 0 spiro atoms. The Morgan fingerprint density at radius 1 is 1.06 bits per heavy atom. The van der Waals surface area contributed by atoms with Crippen LogP contribution in [0.3, 0.4) is 0 Å². The molecular formula is C15H22N2S. The molecule has 0 radical (unpaired) electrons. The largest absolute Gasteiger partial charge is 0.390 e. The van der Waals surface area contributed by atoms with Crippen LogP contribution in [0, 0.1) is 23.7 Å². The molecule has 2 nitrogen and oxygen atoms in total. The molecule has 98 valence electrons. The molecule has 4 N–H and O–H groups in total. The van der Waals surface area contributed by atoms with Crippen LogP contribution in [-0.2, 0) is 6.54 Å². The van der Waals surface area contributed by atoms with Crippen molar-refractivity contribution < 1.29 is 0 Å². The molecule has 0 aliphatic heterocycles. The van der Waals surface area contributed by atoms with Gasteiger partial charge in [-0.3, -0.25) is 0 Å². The highest BCUT2D eigenvalue weighted by Gasteiger charge is 2.49. The first kappa shape index (κ1) is 11.3. The maximum absolute atomic E-state index is 6.08. The molecule has 4 bridgehead atoms. The van der Waals surface area contributed by atoms with Crippen molar-refractivity contribution in [2.75, 3.05) is 5.73 Å². The molecule has 0 aromatic carbocycles. The van der Waals surface area contributed by atoms with Gasteiger partial charge in [-0.2, -0.15) is 0 Å². The van der Waals surface area contributed by atoms with Crippen LogP contribution in [0.1, 0.15) is 48.5 Å². The number of hydrogen-bond acceptors (Lipinski definition) is 3. The van der Waals surface area contributed by atoms with Crippen LogP contribution < -0.4 is 11.5 Å². The van der Waals surface area contributed by atoms with Gasteiger partial charge in [-0.15, -0.1) is 11.3 Å². The quantitative estimate of drug-likeness (QED) is 0.859. The molecule has 3 heteroatoms. The number of anilines is 1. The van der Waals surface area contributed by atoms with Crippen molar-refractivity contribution in [1.29, 1.82) is 0 Å². The fourth-order valence-electron chi connectivity index (χ4n) is 5.18. The summed E-state index contributed by atoms with van der Waals surface area (Å²) in [5.41, 5.74) is 13.0. The Morgan fingerprint density at radius 2 is 1.67 bits per heavy atom. The number of nitrogens with two attached hydrogens (primary N) is 2. The summed E-state index contributed by atoms with van der Waals surface area (Å²) >= 11 is 1.82. The monoisotopic (exact) mass is 262 g/mol. The lowest BCUT2D eigenvalue weighted by atomic mass is 9.51. The van der Waals surface area contributed by atoms with Gasteiger partial charge in [0.05, 0.1) is 5.00 Å². The lowest BCUT2D eigenvalue weighted by Crippen LogP contribution is -2.43. The van der Waals surface area contributed by atoms with E-state index in [-0.39, 0.29) is 0 Å². The van der Waals surface area contributed by atoms with Crippen LogP contribution in [-0.4, -0.2) is 0 Å². The Balaban J connectivity index is 1.67. The topological polar surface area (TPSA) is 52.0 Å². The predicted octanol–water partition coefficient (Wildman–Crippen LogP) is 3.33. The summed E-state index contributed by atoms with van der Waals surface area (Å²) in [5, 5.41) is 0.960. The smallest absolute Gasteiger partial charge is 0.0904 e. The van der Waals surface area contributed by atoms with Gasteiger partial charge in [0.1, 0.15) is 0 Å². The molecule has 0 saturated heterocycles. The first-order valence-electron chi connectivity index (χ1n) is 7.32. The molecule has 4 fully saturated rings. The molecular weight excluding hydrogens is 240 g/mol. The molecule has 4 saturated carbocycles. The highest BCUT2D eigenvalue weighted by molar-refractivity contribution is 7.16. The maximum atomic E-state index is 6.08. The average Bonchev–Trinajstić information content (AvgIpc) is 2.69. The Morgan fingerprint density at radius 3 is 2.17 bits per heavy atom. The molecule has 4 aliphatic rings. The minimum Gasteiger partial charge on any atom is -0.390 e. The maximum Gasteiger partial charge on any atom is 0.0904 e. The van der Waals surface area contributed by atoms with Gasteiger partial charge in [-0.1, -0.05) is 0 Å². The van der Waals surface area contributed by atoms with E-state index in [9.17, 15) is 0 Å². The number of thiophene rings is 1. The second kappa shape index (κ2) is 3.97. The predicted molar refractivity (Wildman–Crippen MR) is 76.4 cm³/mol. The highest BCUT2D eigenvalue weighted by atomic mass is 32.1. The number of hydrogen-bond donors (Lipinski definition) is 2. The molecule has 0 atom stereocenters. The van der Waals surface area contributed by atoms with Gasteiger partial charge >= 0.3 is 0 Å². The first-order valence-corrected chi connectivity index (χ1v) is 8.14. The Labute approximate surface area is 113 Å². The van der Waals surface area contributed by atoms with Crippen molar-refractivity contribution in [3.05, 3.63) is 16.5 Å². The summed E-state index contributed by atoms with van der Waals surface area (Å²) in [7, 11) is 0. The first-order chi connectivity index (χ1) is 8.74. The van der Waals surface area contributed by atoms with Gasteiger partial charge in [-0.25, -0.2) is 0 Å². The third kappa shape index (κ3) is 1.56. The standard InChI is InChI=1S/C15H22N2S/c16-7-12-6-13(18-15(12)17)14-10-2-8-1-9(4-10)5-11(14)3-8/h6,8-11,14H,1-5,7,16-17H2. The van der Waals surface area contributed by atoms with E-state index < -0.39 is 0 Å². The van der Waals surface area contributed by atoms with Gasteiger partial charge in [0, 0.05) is 17.0 Å². The highest BCUT2D eigenvalue weighted by Crippen LogP contribution is 2.60. The summed E-state index contributed by atoms with van der Waals surface area (Å²) in [6, 6.07) is 2.31. The molecule has 0 amide bonds. The Bertz CT molecular complexity index is 437.